The molecular formula is C17H24O7. The molecule has 0 spiro atoms. The summed E-state index contributed by atoms with van der Waals surface area (Å²) in [6.07, 6.45) is 4.61. The number of ether oxygens (including phenoxy) is 2. The summed E-state index contributed by atoms with van der Waals surface area (Å²) in [6, 6.07) is 7.00. The van der Waals surface area contributed by atoms with Crippen molar-refractivity contribution in [1.29, 1.82) is 0 Å². The summed E-state index contributed by atoms with van der Waals surface area (Å²) in [4.78, 5) is 31.2. The van der Waals surface area contributed by atoms with Crippen molar-refractivity contribution in [3.63, 3.8) is 0 Å². The Morgan fingerprint density at radius 3 is 2.38 bits per heavy atom. The van der Waals surface area contributed by atoms with Crippen LogP contribution >= 0.6 is 0 Å². The van der Waals surface area contributed by atoms with Gasteiger partial charge in [-0.05, 0) is 30.5 Å². The van der Waals surface area contributed by atoms with Crippen LogP contribution in [0.4, 0.5) is 4.79 Å². The van der Waals surface area contributed by atoms with Gasteiger partial charge in [0.1, 0.15) is 6.61 Å². The zero-order chi connectivity index (χ0) is 17.6. The van der Waals surface area contributed by atoms with Gasteiger partial charge in [-0.1, -0.05) is 38.3 Å². The Morgan fingerprint density at radius 2 is 1.71 bits per heavy atom. The van der Waals surface area contributed by atoms with Crippen LogP contribution in [0.3, 0.4) is 0 Å². The number of rotatable bonds is 11. The molecule has 0 atom stereocenters. The molecule has 0 unspecified atom stereocenters. The third-order valence-electron chi connectivity index (χ3n) is 3.23. The second kappa shape index (κ2) is 12.3. The zero-order valence-electron chi connectivity index (χ0n) is 14.1. The lowest BCUT2D eigenvalue weighted by molar-refractivity contribution is -0.452. The maximum absolute atomic E-state index is 11.7. The van der Waals surface area contributed by atoms with Gasteiger partial charge in [-0.2, -0.15) is 0 Å². The normalized spacial score (nSPS) is 10.2. The van der Waals surface area contributed by atoms with Crippen LogP contribution in [0.5, 0.6) is 0 Å². The van der Waals surface area contributed by atoms with E-state index in [0.717, 1.165) is 18.4 Å². The highest BCUT2D eigenvalue weighted by Gasteiger charge is 2.12. The first-order chi connectivity index (χ1) is 11.7. The van der Waals surface area contributed by atoms with E-state index in [1.165, 1.54) is 26.4 Å². The van der Waals surface area contributed by atoms with E-state index < -0.39 is 12.1 Å². The van der Waals surface area contributed by atoms with Crippen LogP contribution in [-0.2, 0) is 30.7 Å². The molecule has 1 aromatic rings. The summed E-state index contributed by atoms with van der Waals surface area (Å²) in [5.74, 6) is -0.766. The smallest absolute Gasteiger partial charge is 0.430 e. The molecule has 134 valence electrons. The zero-order valence-corrected chi connectivity index (χ0v) is 14.1. The van der Waals surface area contributed by atoms with Crippen molar-refractivity contribution in [1.82, 2.24) is 0 Å². The van der Waals surface area contributed by atoms with E-state index in [1.54, 1.807) is 12.1 Å². The van der Waals surface area contributed by atoms with Gasteiger partial charge in [-0.3, -0.25) is 4.89 Å². The molecule has 0 heterocycles. The van der Waals surface area contributed by atoms with E-state index in [9.17, 15) is 9.59 Å². The highest BCUT2D eigenvalue weighted by Crippen LogP contribution is 2.10. The molecule has 0 amide bonds. The highest BCUT2D eigenvalue weighted by molar-refractivity contribution is 5.88. The lowest BCUT2D eigenvalue weighted by Crippen LogP contribution is -2.14. The topological polar surface area (TPSA) is 80.3 Å². The number of unbranched alkanes of at least 4 members (excludes halogenated alkanes) is 3. The number of benzene rings is 1. The molecule has 1 rings (SSSR count). The van der Waals surface area contributed by atoms with Gasteiger partial charge in [0, 0.05) is 7.11 Å². The van der Waals surface area contributed by atoms with Crippen LogP contribution in [0.25, 0.3) is 0 Å². The predicted octanol–water partition coefficient (Wildman–Crippen LogP) is 3.61. The van der Waals surface area contributed by atoms with E-state index in [0.29, 0.717) is 5.56 Å². The summed E-state index contributed by atoms with van der Waals surface area (Å²) in [5.41, 5.74) is 1.45. The van der Waals surface area contributed by atoms with Gasteiger partial charge in [-0.15, -0.1) is 0 Å². The minimum absolute atomic E-state index is 0.00631. The van der Waals surface area contributed by atoms with E-state index >= 15 is 0 Å². The van der Waals surface area contributed by atoms with Crippen LogP contribution in [-0.4, -0.2) is 32.4 Å². The Balaban J connectivity index is 2.26. The Kier molecular flexibility index (Phi) is 10.2. The SMILES string of the molecule is CCCCCCc1ccc(C(=O)OOOC(=O)OCCOC)cc1. The first kappa shape index (κ1) is 19.9. The third-order valence-corrected chi connectivity index (χ3v) is 3.23. The Labute approximate surface area is 141 Å². The second-order valence-corrected chi connectivity index (χ2v) is 5.12. The van der Waals surface area contributed by atoms with Crippen molar-refractivity contribution in [2.75, 3.05) is 20.3 Å². The summed E-state index contributed by atoms with van der Waals surface area (Å²) in [5, 5.41) is 4.10. The van der Waals surface area contributed by atoms with E-state index in [1.807, 2.05) is 12.1 Å². The van der Waals surface area contributed by atoms with Crippen LogP contribution in [0.15, 0.2) is 24.3 Å². The van der Waals surface area contributed by atoms with Gasteiger partial charge in [0.15, 0.2) is 0 Å². The Morgan fingerprint density at radius 1 is 0.958 bits per heavy atom. The monoisotopic (exact) mass is 340 g/mol. The Bertz CT molecular complexity index is 484. The summed E-state index contributed by atoms with van der Waals surface area (Å²) in [7, 11) is 1.46. The summed E-state index contributed by atoms with van der Waals surface area (Å²) < 4.78 is 9.22. The van der Waals surface area contributed by atoms with Gasteiger partial charge in [0.2, 0.25) is 0 Å². The highest BCUT2D eigenvalue weighted by atomic mass is 17.5. The molecule has 24 heavy (non-hydrogen) atoms. The number of hydrogen-bond donors (Lipinski definition) is 0. The molecule has 7 heteroatoms. The quantitative estimate of drug-likeness (QED) is 0.263. The molecule has 0 aliphatic carbocycles. The fourth-order valence-electron chi connectivity index (χ4n) is 1.92. The molecule has 0 bridgehead atoms. The molecule has 0 saturated carbocycles. The minimum atomic E-state index is -1.12. The lowest BCUT2D eigenvalue weighted by atomic mass is 10.0. The molecule has 1 aromatic carbocycles. The predicted molar refractivity (Wildman–Crippen MR) is 85.1 cm³/mol. The van der Waals surface area contributed by atoms with Gasteiger partial charge in [0.05, 0.1) is 17.2 Å². The first-order valence-corrected chi connectivity index (χ1v) is 7.97. The standard InChI is InChI=1S/C17H24O7/c1-3-4-5-6-7-14-8-10-15(11-9-14)16(18)22-24-23-17(19)21-13-12-20-2/h8-11H,3-7,12-13H2,1-2H3. The van der Waals surface area contributed by atoms with Gasteiger partial charge in [-0.25, -0.2) is 14.5 Å². The van der Waals surface area contributed by atoms with Gasteiger partial charge < -0.3 is 9.47 Å². The lowest BCUT2D eigenvalue weighted by Gasteiger charge is -2.05. The van der Waals surface area contributed by atoms with Crippen LogP contribution < -0.4 is 0 Å². The van der Waals surface area contributed by atoms with Gasteiger partial charge >= 0.3 is 12.1 Å². The maximum Gasteiger partial charge on any atom is 0.543 e. The van der Waals surface area contributed by atoms with E-state index in [-0.39, 0.29) is 13.2 Å². The van der Waals surface area contributed by atoms with Crippen molar-refractivity contribution in [3.05, 3.63) is 35.4 Å². The molecular weight excluding hydrogens is 316 g/mol. The molecule has 0 fully saturated rings. The minimum Gasteiger partial charge on any atom is -0.430 e. The van der Waals surface area contributed by atoms with E-state index in [2.05, 4.69) is 31.2 Å². The molecule has 7 nitrogen and oxygen atoms in total. The average Bonchev–Trinajstić information content (AvgIpc) is 2.59. The van der Waals surface area contributed by atoms with E-state index in [4.69, 9.17) is 0 Å². The molecule has 0 aromatic heterocycles. The number of carbonyl (C=O) groups is 2. The Hall–Kier alpha value is -2.12. The number of methoxy groups -OCH3 is 1. The molecule has 0 radical (unpaired) electrons. The third kappa shape index (κ3) is 8.50. The maximum atomic E-state index is 11.7. The second-order valence-electron chi connectivity index (χ2n) is 5.12. The molecule has 0 saturated heterocycles. The molecule has 0 aliphatic rings. The van der Waals surface area contributed by atoms with Crippen molar-refractivity contribution in [3.8, 4) is 0 Å². The largest absolute Gasteiger partial charge is 0.543 e. The fourth-order valence-corrected chi connectivity index (χ4v) is 1.92. The van der Waals surface area contributed by atoms with Crippen LogP contribution in [0.2, 0.25) is 0 Å². The number of aryl methyl sites for hydroxylation is 1. The van der Waals surface area contributed by atoms with Crippen molar-refractivity contribution in [2.24, 2.45) is 0 Å². The summed E-state index contributed by atoms with van der Waals surface area (Å²) >= 11 is 0. The summed E-state index contributed by atoms with van der Waals surface area (Å²) in [6.45, 7) is 2.40. The molecule has 0 aliphatic heterocycles. The number of hydrogen-bond acceptors (Lipinski definition) is 7. The van der Waals surface area contributed by atoms with Crippen LogP contribution in [0, 0.1) is 0 Å². The number of carbonyl (C=O) groups excluding carboxylic acids is 2. The first-order valence-electron chi connectivity index (χ1n) is 7.97. The fraction of sp³-hybridized carbons (Fsp3) is 0.529. The van der Waals surface area contributed by atoms with Crippen molar-refractivity contribution in [2.45, 2.75) is 39.0 Å². The van der Waals surface area contributed by atoms with Crippen molar-refractivity contribution >= 4 is 12.1 Å². The molecule has 0 N–H and O–H groups in total. The average molecular weight is 340 g/mol. The van der Waals surface area contributed by atoms with Crippen molar-refractivity contribution < 1.29 is 33.9 Å². The van der Waals surface area contributed by atoms with Crippen LogP contribution in [0.1, 0.15) is 48.5 Å². The van der Waals surface area contributed by atoms with Gasteiger partial charge in [0.25, 0.3) is 0 Å².